The number of ether oxygens (including phenoxy) is 1. The molecule has 172 valence electrons. The van der Waals surface area contributed by atoms with Gasteiger partial charge in [-0.1, -0.05) is 61.4 Å². The van der Waals surface area contributed by atoms with Crippen LogP contribution in [-0.2, 0) is 26.2 Å². The van der Waals surface area contributed by atoms with Gasteiger partial charge in [-0.3, -0.25) is 9.59 Å². The fourth-order valence-electron chi connectivity index (χ4n) is 5.19. The first-order chi connectivity index (χ1) is 16.0. The molecule has 0 bridgehead atoms. The van der Waals surface area contributed by atoms with Gasteiger partial charge in [0.25, 0.3) is 0 Å². The summed E-state index contributed by atoms with van der Waals surface area (Å²) in [5.41, 5.74) is 2.24. The largest absolute Gasteiger partial charge is 0.465 e. The van der Waals surface area contributed by atoms with Gasteiger partial charge in [0.15, 0.2) is 5.78 Å². The Kier molecular flexibility index (Phi) is 7.07. The van der Waals surface area contributed by atoms with E-state index in [0.717, 1.165) is 43.2 Å². The topological polar surface area (TPSA) is 63.7 Å². The number of carbonyl (C=O) groups is 3. The zero-order valence-electron chi connectivity index (χ0n) is 19.2. The molecule has 4 rings (SSSR count). The highest BCUT2D eigenvalue weighted by atomic mass is 16.5. The molecular weight excluding hydrogens is 414 g/mol. The Morgan fingerprint density at radius 2 is 1.76 bits per heavy atom. The molecule has 2 aromatic rings. The number of carbonyl (C=O) groups excluding carboxylic acids is 3. The van der Waals surface area contributed by atoms with Crippen molar-refractivity contribution < 1.29 is 19.1 Å². The monoisotopic (exact) mass is 445 g/mol. The van der Waals surface area contributed by atoms with Crippen molar-refractivity contribution in [3.05, 3.63) is 83.4 Å². The highest BCUT2D eigenvalue weighted by Crippen LogP contribution is 2.42. The van der Waals surface area contributed by atoms with Crippen LogP contribution >= 0.6 is 0 Å². The summed E-state index contributed by atoms with van der Waals surface area (Å²) in [5.74, 6) is -0.0764. The van der Waals surface area contributed by atoms with E-state index in [4.69, 9.17) is 4.74 Å². The third kappa shape index (κ3) is 4.92. The molecule has 0 spiro atoms. The molecule has 2 fully saturated rings. The second-order valence-electron chi connectivity index (χ2n) is 9.01. The quantitative estimate of drug-likeness (QED) is 0.439. The van der Waals surface area contributed by atoms with E-state index in [1.165, 1.54) is 7.11 Å². The van der Waals surface area contributed by atoms with Gasteiger partial charge in [-0.15, -0.1) is 0 Å². The first-order valence-corrected chi connectivity index (χ1v) is 11.8. The summed E-state index contributed by atoms with van der Waals surface area (Å²) in [6.45, 7) is 0.587. The predicted molar refractivity (Wildman–Crippen MR) is 127 cm³/mol. The van der Waals surface area contributed by atoms with Crippen molar-refractivity contribution in [3.8, 4) is 0 Å². The maximum Gasteiger partial charge on any atom is 0.337 e. The number of rotatable bonds is 8. The minimum absolute atomic E-state index is 0.0509. The molecule has 33 heavy (non-hydrogen) atoms. The molecule has 2 aliphatic rings. The van der Waals surface area contributed by atoms with E-state index in [1.807, 2.05) is 41.3 Å². The summed E-state index contributed by atoms with van der Waals surface area (Å²) in [7, 11) is 1.36. The number of benzene rings is 2. The Labute approximate surface area is 195 Å². The first-order valence-electron chi connectivity index (χ1n) is 11.8. The summed E-state index contributed by atoms with van der Waals surface area (Å²) in [6.07, 6.45) is 9.52. The summed E-state index contributed by atoms with van der Waals surface area (Å²) in [6, 6.07) is 17.3. The van der Waals surface area contributed by atoms with Crippen LogP contribution in [-0.4, -0.2) is 42.3 Å². The molecule has 1 aliphatic heterocycles. The third-order valence-corrected chi connectivity index (χ3v) is 7.12. The van der Waals surface area contributed by atoms with Crippen LogP contribution in [0.25, 0.3) is 0 Å². The second-order valence-corrected chi connectivity index (χ2v) is 9.01. The Morgan fingerprint density at radius 3 is 2.42 bits per heavy atom. The number of methoxy groups -OCH3 is 1. The number of hydrogen-bond acceptors (Lipinski definition) is 4. The van der Waals surface area contributed by atoms with E-state index in [1.54, 1.807) is 18.2 Å². The smallest absolute Gasteiger partial charge is 0.337 e. The van der Waals surface area contributed by atoms with Crippen molar-refractivity contribution in [1.29, 1.82) is 0 Å². The molecule has 0 N–H and O–H groups in total. The molecule has 1 amide bonds. The molecule has 1 atom stereocenters. The van der Waals surface area contributed by atoms with E-state index in [9.17, 15) is 14.4 Å². The van der Waals surface area contributed by atoms with Crippen LogP contribution in [0.5, 0.6) is 0 Å². The van der Waals surface area contributed by atoms with Gasteiger partial charge in [0.2, 0.25) is 5.91 Å². The van der Waals surface area contributed by atoms with Crippen LogP contribution in [0.1, 0.15) is 60.0 Å². The van der Waals surface area contributed by atoms with Crippen molar-refractivity contribution in [1.82, 2.24) is 4.90 Å². The van der Waals surface area contributed by atoms with Gasteiger partial charge in [0, 0.05) is 13.0 Å². The lowest BCUT2D eigenvalue weighted by molar-refractivity contribution is -0.128. The van der Waals surface area contributed by atoms with Crippen LogP contribution in [0.4, 0.5) is 0 Å². The minimum Gasteiger partial charge on any atom is -0.465 e. The Hall–Kier alpha value is -3.21. The number of esters is 1. The third-order valence-electron chi connectivity index (χ3n) is 7.12. The molecule has 5 heteroatoms. The van der Waals surface area contributed by atoms with Crippen LogP contribution < -0.4 is 0 Å². The standard InChI is InChI=1S/C28H31NO4/c1-33-27(32)22-11-9-21(10-12-22)17-20-29-24(14-16-26(29)31)13-15-25(30)28(18-5-6-19-28)23-7-3-2-4-8-23/h2-4,7-13,15,24H,5-6,14,16-20H2,1H3/b15-13+/t24-/m0/s1. The maximum atomic E-state index is 13.4. The maximum absolute atomic E-state index is 13.4. The van der Waals surface area contributed by atoms with Gasteiger partial charge in [-0.05, 0) is 55.0 Å². The number of likely N-dealkylation sites (tertiary alicyclic amines) is 1. The van der Waals surface area contributed by atoms with Crippen LogP contribution in [0, 0.1) is 0 Å². The molecule has 0 unspecified atom stereocenters. The van der Waals surface area contributed by atoms with Crippen molar-refractivity contribution in [3.63, 3.8) is 0 Å². The van der Waals surface area contributed by atoms with Gasteiger partial charge in [-0.25, -0.2) is 4.79 Å². The summed E-state index contributed by atoms with van der Waals surface area (Å²) in [4.78, 5) is 39.4. The molecule has 1 saturated carbocycles. The molecule has 5 nitrogen and oxygen atoms in total. The van der Waals surface area contributed by atoms with Crippen molar-refractivity contribution in [2.45, 2.75) is 56.4 Å². The Morgan fingerprint density at radius 1 is 1.06 bits per heavy atom. The molecule has 1 aliphatic carbocycles. The number of ketones is 1. The van der Waals surface area contributed by atoms with Gasteiger partial charge >= 0.3 is 5.97 Å². The zero-order chi connectivity index (χ0) is 23.3. The van der Waals surface area contributed by atoms with E-state index in [0.29, 0.717) is 24.9 Å². The minimum atomic E-state index is -0.424. The SMILES string of the molecule is COC(=O)c1ccc(CCN2C(=O)CC[C@@H]2/C=C/C(=O)C2(c3ccccc3)CCCC2)cc1. The average molecular weight is 446 g/mol. The Bertz CT molecular complexity index is 1020. The van der Waals surface area contributed by atoms with E-state index in [-0.39, 0.29) is 23.7 Å². The molecule has 0 radical (unpaired) electrons. The van der Waals surface area contributed by atoms with Gasteiger partial charge in [0.05, 0.1) is 24.1 Å². The van der Waals surface area contributed by atoms with E-state index in [2.05, 4.69) is 12.1 Å². The molecule has 0 aromatic heterocycles. The zero-order valence-corrected chi connectivity index (χ0v) is 19.2. The van der Waals surface area contributed by atoms with E-state index < -0.39 is 5.41 Å². The van der Waals surface area contributed by atoms with Crippen molar-refractivity contribution in [2.75, 3.05) is 13.7 Å². The van der Waals surface area contributed by atoms with Gasteiger partial charge < -0.3 is 9.64 Å². The van der Waals surface area contributed by atoms with Crippen LogP contribution in [0.2, 0.25) is 0 Å². The molecule has 1 saturated heterocycles. The van der Waals surface area contributed by atoms with E-state index >= 15 is 0 Å². The normalized spacial score (nSPS) is 19.8. The van der Waals surface area contributed by atoms with Crippen molar-refractivity contribution in [2.24, 2.45) is 0 Å². The average Bonchev–Trinajstić information content (AvgIpc) is 3.49. The first kappa shape index (κ1) is 23.0. The lowest BCUT2D eigenvalue weighted by Crippen LogP contribution is -2.35. The molecular formula is C28H31NO4. The number of nitrogens with zero attached hydrogens (tertiary/aromatic N) is 1. The summed E-state index contributed by atoms with van der Waals surface area (Å²) in [5, 5.41) is 0. The lowest BCUT2D eigenvalue weighted by atomic mass is 9.75. The number of allylic oxidation sites excluding steroid dienone is 1. The summed E-state index contributed by atoms with van der Waals surface area (Å²) >= 11 is 0. The molecule has 2 aromatic carbocycles. The van der Waals surface area contributed by atoms with Crippen molar-refractivity contribution >= 4 is 17.7 Å². The molecule has 1 heterocycles. The highest BCUT2D eigenvalue weighted by Gasteiger charge is 2.41. The fourth-order valence-corrected chi connectivity index (χ4v) is 5.19. The van der Waals surface area contributed by atoms with Crippen LogP contribution in [0.15, 0.2) is 66.7 Å². The lowest BCUT2D eigenvalue weighted by Gasteiger charge is -2.27. The predicted octanol–water partition coefficient (Wildman–Crippen LogP) is 4.64. The second kappa shape index (κ2) is 10.2. The van der Waals surface area contributed by atoms with Gasteiger partial charge in [-0.2, -0.15) is 0 Å². The van der Waals surface area contributed by atoms with Crippen LogP contribution in [0.3, 0.4) is 0 Å². The Balaban J connectivity index is 1.42. The highest BCUT2D eigenvalue weighted by molar-refractivity contribution is 5.99. The fraction of sp³-hybridized carbons (Fsp3) is 0.393. The number of hydrogen-bond donors (Lipinski definition) is 0. The van der Waals surface area contributed by atoms with Gasteiger partial charge in [0.1, 0.15) is 0 Å². The summed E-state index contributed by atoms with van der Waals surface area (Å²) < 4.78 is 4.74. The number of amides is 1.